The highest BCUT2D eigenvalue weighted by Crippen LogP contribution is 2.26. The zero-order valence-corrected chi connectivity index (χ0v) is 26.0. The first-order valence-electron chi connectivity index (χ1n) is 13.8. The molecular weight excluding hydrogens is 625 g/mol. The van der Waals surface area contributed by atoms with Gasteiger partial charge in [-0.15, -0.1) is 0 Å². The average molecular weight is 661 g/mol. The summed E-state index contributed by atoms with van der Waals surface area (Å²) in [5.41, 5.74) is 0.888. The molecule has 1 N–H and O–H groups in total. The summed E-state index contributed by atoms with van der Waals surface area (Å²) in [5, 5.41) is 3.08. The van der Waals surface area contributed by atoms with E-state index >= 15 is 0 Å². The van der Waals surface area contributed by atoms with Crippen LogP contribution < -0.4 is 14.4 Å². The van der Waals surface area contributed by atoms with E-state index < -0.39 is 34.3 Å². The van der Waals surface area contributed by atoms with Crippen LogP contribution in [-0.4, -0.2) is 50.9 Å². The molecule has 1 aliphatic rings. The van der Waals surface area contributed by atoms with Crippen LogP contribution in [0.15, 0.2) is 82.2 Å². The number of sulfonamides is 1. The van der Waals surface area contributed by atoms with Crippen molar-refractivity contribution in [3.8, 4) is 5.75 Å². The van der Waals surface area contributed by atoms with Crippen LogP contribution >= 0.6 is 15.9 Å². The second-order valence-corrected chi connectivity index (χ2v) is 13.1. The lowest BCUT2D eigenvalue weighted by Gasteiger charge is -2.33. The number of benzene rings is 3. The van der Waals surface area contributed by atoms with Gasteiger partial charge in [-0.3, -0.25) is 13.9 Å². The van der Waals surface area contributed by atoms with E-state index in [2.05, 4.69) is 21.2 Å². The second-order valence-electron chi connectivity index (χ2n) is 10.3. The van der Waals surface area contributed by atoms with Gasteiger partial charge in [0.05, 0.1) is 17.7 Å². The normalized spacial score (nSPS) is 14.6. The molecule has 3 aromatic rings. The number of hydrogen-bond acceptors (Lipinski definition) is 5. The molecule has 1 unspecified atom stereocenters. The van der Waals surface area contributed by atoms with Gasteiger partial charge in [-0.1, -0.05) is 47.3 Å². The van der Waals surface area contributed by atoms with E-state index in [0.717, 1.165) is 58.6 Å². The molecule has 0 aliphatic heterocycles. The van der Waals surface area contributed by atoms with E-state index in [1.807, 2.05) is 24.3 Å². The molecule has 1 aliphatic carbocycles. The summed E-state index contributed by atoms with van der Waals surface area (Å²) in [6, 6.07) is 17.2. The Kier molecular flexibility index (Phi) is 10.6. The number of rotatable bonds is 11. The fraction of sp³-hybridized carbons (Fsp3) is 0.355. The molecule has 1 fully saturated rings. The van der Waals surface area contributed by atoms with Crippen LogP contribution in [0, 0.1) is 5.82 Å². The Morgan fingerprint density at radius 2 is 1.60 bits per heavy atom. The Bertz CT molecular complexity index is 1460. The Hall–Kier alpha value is -3.44. The maximum absolute atomic E-state index is 14.0. The quantitative estimate of drug-likeness (QED) is 0.287. The van der Waals surface area contributed by atoms with Crippen molar-refractivity contribution in [1.29, 1.82) is 0 Å². The molecule has 4 rings (SSSR count). The summed E-state index contributed by atoms with van der Waals surface area (Å²) in [5.74, 6) is -0.946. The number of methoxy groups -OCH3 is 1. The molecule has 2 amide bonds. The maximum Gasteiger partial charge on any atom is 0.264 e. The van der Waals surface area contributed by atoms with E-state index in [4.69, 9.17) is 4.74 Å². The van der Waals surface area contributed by atoms with Gasteiger partial charge < -0.3 is 15.0 Å². The van der Waals surface area contributed by atoms with Crippen molar-refractivity contribution in [3.63, 3.8) is 0 Å². The molecular formula is C31H35BrFN3O5S. The molecule has 0 radical (unpaired) electrons. The number of halogens is 2. The second kappa shape index (κ2) is 14.2. The highest BCUT2D eigenvalue weighted by atomic mass is 79.9. The third-order valence-electron chi connectivity index (χ3n) is 7.43. The van der Waals surface area contributed by atoms with Gasteiger partial charge in [-0.25, -0.2) is 12.8 Å². The molecule has 11 heteroatoms. The van der Waals surface area contributed by atoms with Crippen molar-refractivity contribution in [2.45, 2.75) is 62.6 Å². The van der Waals surface area contributed by atoms with Crippen LogP contribution in [0.5, 0.6) is 5.75 Å². The molecule has 8 nitrogen and oxygen atoms in total. The van der Waals surface area contributed by atoms with Gasteiger partial charge in [0.1, 0.15) is 24.2 Å². The molecule has 0 bridgehead atoms. The van der Waals surface area contributed by atoms with E-state index in [1.54, 1.807) is 6.92 Å². The van der Waals surface area contributed by atoms with Crippen molar-refractivity contribution in [1.82, 2.24) is 10.2 Å². The first-order chi connectivity index (χ1) is 20.1. The van der Waals surface area contributed by atoms with Crippen LogP contribution in [0.4, 0.5) is 10.1 Å². The molecule has 0 spiro atoms. The highest BCUT2D eigenvalue weighted by molar-refractivity contribution is 9.10. The van der Waals surface area contributed by atoms with Crippen molar-refractivity contribution >= 4 is 43.5 Å². The first kappa shape index (κ1) is 31.5. The number of carbonyl (C=O) groups excluding carboxylic acids is 2. The van der Waals surface area contributed by atoms with Gasteiger partial charge in [0.2, 0.25) is 11.8 Å². The number of nitrogens with one attached hydrogen (secondary N) is 1. The minimum absolute atomic E-state index is 0.0458. The molecule has 3 aromatic carbocycles. The molecule has 0 aromatic heterocycles. The van der Waals surface area contributed by atoms with Crippen LogP contribution in [0.25, 0.3) is 0 Å². The summed E-state index contributed by atoms with van der Waals surface area (Å²) in [6.45, 7) is 1.14. The highest BCUT2D eigenvalue weighted by Gasteiger charge is 2.33. The van der Waals surface area contributed by atoms with Gasteiger partial charge >= 0.3 is 0 Å². The smallest absolute Gasteiger partial charge is 0.264 e. The summed E-state index contributed by atoms with van der Waals surface area (Å²) < 4.78 is 48.5. The first-order valence-corrected chi connectivity index (χ1v) is 16.1. The maximum atomic E-state index is 14.0. The number of ether oxygens (including phenoxy) is 1. The number of nitrogens with zero attached hydrogens (tertiary/aromatic N) is 2. The molecule has 1 saturated carbocycles. The topological polar surface area (TPSA) is 96.0 Å². The Labute approximate surface area is 255 Å². The van der Waals surface area contributed by atoms with Crippen molar-refractivity contribution < 1.29 is 27.1 Å². The lowest BCUT2D eigenvalue weighted by atomic mass is 9.95. The number of carbonyl (C=O) groups is 2. The average Bonchev–Trinajstić information content (AvgIpc) is 3.00. The zero-order valence-electron chi connectivity index (χ0n) is 23.6. The van der Waals surface area contributed by atoms with Gasteiger partial charge in [0, 0.05) is 17.1 Å². The zero-order chi connectivity index (χ0) is 30.3. The predicted octanol–water partition coefficient (Wildman–Crippen LogP) is 5.66. The molecule has 0 heterocycles. The van der Waals surface area contributed by atoms with Crippen molar-refractivity contribution in [2.75, 3.05) is 18.0 Å². The standard InChI is InChI=1S/C31H35BrFN3O5S/c1-22(31(38)34-26-6-4-3-5-7-26)35(20-23-8-10-24(32)11-9-23)30(37)21-36(27-14-12-25(33)13-15-27)42(39,40)29-18-16-28(41-2)17-19-29/h8-19,22,26H,3-7,20-21H2,1-2H3,(H,34,38). The van der Waals surface area contributed by atoms with Gasteiger partial charge in [-0.05, 0) is 86.0 Å². The minimum Gasteiger partial charge on any atom is -0.497 e. The molecule has 42 heavy (non-hydrogen) atoms. The third kappa shape index (κ3) is 7.89. The SMILES string of the molecule is COc1ccc(S(=O)(=O)N(CC(=O)N(Cc2ccc(Br)cc2)C(C)C(=O)NC2CCCCC2)c2ccc(F)cc2)cc1. The summed E-state index contributed by atoms with van der Waals surface area (Å²) in [7, 11) is -2.80. The lowest BCUT2D eigenvalue weighted by molar-refractivity contribution is -0.139. The van der Waals surface area contributed by atoms with Crippen molar-refractivity contribution in [3.05, 3.63) is 88.6 Å². The Morgan fingerprint density at radius 1 is 0.976 bits per heavy atom. The number of amides is 2. The molecule has 0 saturated heterocycles. The lowest BCUT2D eigenvalue weighted by Crippen LogP contribution is -2.53. The van der Waals surface area contributed by atoms with Gasteiger partial charge in [0.25, 0.3) is 10.0 Å². The fourth-order valence-corrected chi connectivity index (χ4v) is 6.63. The largest absolute Gasteiger partial charge is 0.497 e. The summed E-state index contributed by atoms with van der Waals surface area (Å²) in [6.07, 6.45) is 4.99. The van der Waals surface area contributed by atoms with Gasteiger partial charge in [0.15, 0.2) is 0 Å². The minimum atomic E-state index is -4.27. The molecule has 224 valence electrons. The van der Waals surface area contributed by atoms with Crippen LogP contribution in [0.1, 0.15) is 44.6 Å². The predicted molar refractivity (Wildman–Crippen MR) is 163 cm³/mol. The van der Waals surface area contributed by atoms with Crippen LogP contribution in [0.2, 0.25) is 0 Å². The summed E-state index contributed by atoms with van der Waals surface area (Å²) in [4.78, 5) is 28.7. The van der Waals surface area contributed by atoms with E-state index in [1.165, 1.54) is 48.4 Å². The monoisotopic (exact) mass is 659 g/mol. The van der Waals surface area contributed by atoms with Crippen LogP contribution in [0.3, 0.4) is 0 Å². The van der Waals surface area contributed by atoms with E-state index in [-0.39, 0.29) is 29.1 Å². The van der Waals surface area contributed by atoms with Crippen LogP contribution in [-0.2, 0) is 26.2 Å². The van der Waals surface area contributed by atoms with E-state index in [9.17, 15) is 22.4 Å². The molecule has 1 atom stereocenters. The number of anilines is 1. The van der Waals surface area contributed by atoms with E-state index in [0.29, 0.717) is 5.75 Å². The van der Waals surface area contributed by atoms with Crippen molar-refractivity contribution in [2.24, 2.45) is 0 Å². The fourth-order valence-electron chi connectivity index (χ4n) is 4.95. The Morgan fingerprint density at radius 3 is 2.19 bits per heavy atom. The Balaban J connectivity index is 1.66. The van der Waals surface area contributed by atoms with Gasteiger partial charge in [-0.2, -0.15) is 0 Å². The summed E-state index contributed by atoms with van der Waals surface area (Å²) >= 11 is 3.41. The number of hydrogen-bond donors (Lipinski definition) is 1. The third-order valence-corrected chi connectivity index (χ3v) is 9.74.